The van der Waals surface area contributed by atoms with Crippen LogP contribution in [0, 0.1) is 5.92 Å². The van der Waals surface area contributed by atoms with Crippen molar-refractivity contribution < 1.29 is 22.7 Å². The van der Waals surface area contributed by atoms with Crippen molar-refractivity contribution in [3.05, 3.63) is 46.5 Å². The van der Waals surface area contributed by atoms with Gasteiger partial charge in [-0.1, -0.05) is 0 Å². The molecular formula is C16H17F3N4O3. The second kappa shape index (κ2) is 7.32. The molecule has 3 heterocycles. The van der Waals surface area contributed by atoms with Gasteiger partial charge in [-0.05, 0) is 18.6 Å². The molecule has 0 spiro atoms. The van der Waals surface area contributed by atoms with Gasteiger partial charge in [-0.3, -0.25) is 9.59 Å². The first-order chi connectivity index (χ1) is 12.3. The molecule has 3 rings (SSSR count). The molecule has 1 fully saturated rings. The van der Waals surface area contributed by atoms with Gasteiger partial charge < -0.3 is 14.6 Å². The molecule has 0 radical (unpaired) electrons. The van der Waals surface area contributed by atoms with E-state index in [2.05, 4.69) is 10.4 Å². The number of hydrogen-bond acceptors (Lipinski definition) is 4. The Kier molecular flexibility index (Phi) is 5.12. The van der Waals surface area contributed by atoms with E-state index in [1.165, 1.54) is 6.20 Å². The highest BCUT2D eigenvalue weighted by atomic mass is 19.4. The highest BCUT2D eigenvalue weighted by Gasteiger charge is 2.34. The van der Waals surface area contributed by atoms with E-state index >= 15 is 0 Å². The van der Waals surface area contributed by atoms with Crippen LogP contribution in [0.4, 0.5) is 19.0 Å². The number of anilines is 1. The molecule has 26 heavy (non-hydrogen) atoms. The molecule has 0 aliphatic carbocycles. The number of carbonyl (C=O) groups excluding carboxylic acids is 1. The van der Waals surface area contributed by atoms with Gasteiger partial charge in [-0.2, -0.15) is 18.3 Å². The van der Waals surface area contributed by atoms with Crippen LogP contribution in [0.5, 0.6) is 0 Å². The summed E-state index contributed by atoms with van der Waals surface area (Å²) >= 11 is 0. The van der Waals surface area contributed by atoms with E-state index in [0.717, 1.165) is 23.3 Å². The highest BCUT2D eigenvalue weighted by Crippen LogP contribution is 2.26. The van der Waals surface area contributed by atoms with Gasteiger partial charge in [0.2, 0.25) is 5.91 Å². The van der Waals surface area contributed by atoms with Crippen LogP contribution in [0.2, 0.25) is 0 Å². The molecule has 0 bridgehead atoms. The Morgan fingerprint density at radius 1 is 1.38 bits per heavy atom. The molecule has 2 aromatic rings. The normalized spacial score (nSPS) is 17.4. The smallest absolute Gasteiger partial charge is 0.381 e. The fraction of sp³-hybridized carbons (Fsp3) is 0.438. The summed E-state index contributed by atoms with van der Waals surface area (Å²) in [6.45, 7) is 1.34. The number of amides is 1. The maximum Gasteiger partial charge on any atom is 0.421 e. The number of halogens is 3. The minimum Gasteiger partial charge on any atom is -0.381 e. The van der Waals surface area contributed by atoms with Crippen molar-refractivity contribution >= 4 is 11.7 Å². The summed E-state index contributed by atoms with van der Waals surface area (Å²) in [5.74, 6) is 0.0920. The maximum absolute atomic E-state index is 12.8. The number of rotatable bonds is 5. The van der Waals surface area contributed by atoms with E-state index in [-0.39, 0.29) is 5.92 Å². The van der Waals surface area contributed by atoms with Gasteiger partial charge in [0.05, 0.1) is 12.8 Å². The van der Waals surface area contributed by atoms with Crippen LogP contribution in [-0.2, 0) is 28.8 Å². The summed E-state index contributed by atoms with van der Waals surface area (Å²) in [6.07, 6.45) is -1.21. The van der Waals surface area contributed by atoms with E-state index < -0.39 is 29.8 Å². The predicted molar refractivity (Wildman–Crippen MR) is 85.5 cm³/mol. The Hall–Kier alpha value is -2.62. The lowest BCUT2D eigenvalue weighted by Gasteiger charge is -2.13. The van der Waals surface area contributed by atoms with Crippen molar-refractivity contribution in [2.75, 3.05) is 18.5 Å². The first-order valence-corrected chi connectivity index (χ1v) is 8.00. The van der Waals surface area contributed by atoms with E-state index in [0.29, 0.717) is 31.6 Å². The van der Waals surface area contributed by atoms with E-state index in [1.807, 2.05) is 0 Å². The van der Waals surface area contributed by atoms with Gasteiger partial charge >= 0.3 is 6.18 Å². The predicted octanol–water partition coefficient (Wildman–Crippen LogP) is 1.74. The van der Waals surface area contributed by atoms with Gasteiger partial charge in [0.15, 0.2) is 0 Å². The SMILES string of the molecule is O=C(Cn1cccc(C(F)(F)F)c1=O)Nc1ccnn1CC1CCOC1. The van der Waals surface area contributed by atoms with Crippen LogP contribution in [0.25, 0.3) is 0 Å². The van der Waals surface area contributed by atoms with Crippen molar-refractivity contribution in [2.24, 2.45) is 5.92 Å². The van der Waals surface area contributed by atoms with Crippen LogP contribution in [0.15, 0.2) is 35.4 Å². The Morgan fingerprint density at radius 3 is 2.88 bits per heavy atom. The van der Waals surface area contributed by atoms with Crippen LogP contribution in [0.1, 0.15) is 12.0 Å². The molecular weight excluding hydrogens is 353 g/mol. The molecule has 0 aromatic carbocycles. The van der Waals surface area contributed by atoms with Gasteiger partial charge in [0.1, 0.15) is 17.9 Å². The minimum atomic E-state index is -4.77. The quantitative estimate of drug-likeness (QED) is 0.870. The Morgan fingerprint density at radius 2 is 2.19 bits per heavy atom. The van der Waals surface area contributed by atoms with Gasteiger partial charge in [0.25, 0.3) is 5.56 Å². The van der Waals surface area contributed by atoms with E-state index in [9.17, 15) is 22.8 Å². The number of nitrogens with one attached hydrogen (secondary N) is 1. The third-order valence-corrected chi connectivity index (χ3v) is 4.08. The third-order valence-electron chi connectivity index (χ3n) is 4.08. The minimum absolute atomic E-state index is 0.289. The van der Waals surface area contributed by atoms with Crippen molar-refractivity contribution in [1.29, 1.82) is 0 Å². The first kappa shape index (κ1) is 18.2. The van der Waals surface area contributed by atoms with E-state index in [4.69, 9.17) is 4.74 Å². The van der Waals surface area contributed by atoms with Crippen LogP contribution < -0.4 is 10.9 Å². The number of ether oxygens (including phenoxy) is 1. The zero-order valence-corrected chi connectivity index (χ0v) is 13.7. The van der Waals surface area contributed by atoms with Crippen molar-refractivity contribution in [2.45, 2.75) is 25.7 Å². The lowest BCUT2D eigenvalue weighted by Crippen LogP contribution is -2.32. The number of pyridine rings is 1. The number of carbonyl (C=O) groups is 1. The van der Waals surface area contributed by atoms with Crippen LogP contribution in [-0.4, -0.2) is 33.5 Å². The largest absolute Gasteiger partial charge is 0.421 e. The van der Waals surface area contributed by atoms with E-state index in [1.54, 1.807) is 10.7 Å². The summed E-state index contributed by atoms with van der Waals surface area (Å²) in [5, 5.41) is 6.71. The third kappa shape index (κ3) is 4.13. The number of alkyl halides is 3. The molecule has 0 saturated carbocycles. The fourth-order valence-electron chi connectivity index (χ4n) is 2.77. The molecule has 7 nitrogen and oxygen atoms in total. The van der Waals surface area contributed by atoms with Gasteiger partial charge in [-0.25, -0.2) is 4.68 Å². The summed E-state index contributed by atoms with van der Waals surface area (Å²) < 4.78 is 46.0. The summed E-state index contributed by atoms with van der Waals surface area (Å²) in [5.41, 5.74) is -2.56. The Labute approximate surface area is 146 Å². The lowest BCUT2D eigenvalue weighted by atomic mass is 10.1. The maximum atomic E-state index is 12.8. The van der Waals surface area contributed by atoms with Gasteiger partial charge in [0, 0.05) is 31.3 Å². The van der Waals surface area contributed by atoms with Crippen molar-refractivity contribution in [1.82, 2.24) is 14.3 Å². The molecule has 1 saturated heterocycles. The molecule has 1 amide bonds. The Bertz CT molecular complexity index is 838. The standard InChI is InChI=1S/C16H17F3N4O3/c17-16(18,19)12-2-1-6-22(15(12)25)9-14(24)21-13-3-5-20-23(13)8-11-4-7-26-10-11/h1-3,5-6,11H,4,7-10H2,(H,21,24). The molecule has 1 atom stereocenters. The average molecular weight is 370 g/mol. The second-order valence-corrected chi connectivity index (χ2v) is 6.03. The topological polar surface area (TPSA) is 78.2 Å². The molecule has 10 heteroatoms. The molecule has 140 valence electrons. The summed E-state index contributed by atoms with van der Waals surface area (Å²) in [6, 6.07) is 3.36. The molecule has 1 aliphatic rings. The fourth-order valence-corrected chi connectivity index (χ4v) is 2.77. The monoisotopic (exact) mass is 370 g/mol. The van der Waals surface area contributed by atoms with Crippen molar-refractivity contribution in [3.63, 3.8) is 0 Å². The molecule has 1 N–H and O–H groups in total. The van der Waals surface area contributed by atoms with Gasteiger partial charge in [-0.15, -0.1) is 0 Å². The molecule has 1 unspecified atom stereocenters. The summed E-state index contributed by atoms with van der Waals surface area (Å²) in [7, 11) is 0. The zero-order chi connectivity index (χ0) is 18.7. The van der Waals surface area contributed by atoms with Crippen LogP contribution >= 0.6 is 0 Å². The second-order valence-electron chi connectivity index (χ2n) is 6.03. The molecule has 2 aromatic heterocycles. The summed E-state index contributed by atoms with van der Waals surface area (Å²) in [4.78, 5) is 24.0. The highest BCUT2D eigenvalue weighted by molar-refractivity contribution is 5.89. The number of hydrogen-bond donors (Lipinski definition) is 1. The zero-order valence-electron chi connectivity index (χ0n) is 13.7. The number of aromatic nitrogens is 3. The first-order valence-electron chi connectivity index (χ1n) is 8.00. The van der Waals surface area contributed by atoms with Crippen LogP contribution in [0.3, 0.4) is 0 Å². The molecule has 1 aliphatic heterocycles. The Balaban J connectivity index is 1.69. The van der Waals surface area contributed by atoms with Crippen molar-refractivity contribution in [3.8, 4) is 0 Å². The lowest BCUT2D eigenvalue weighted by molar-refractivity contribution is -0.139. The number of nitrogens with zero attached hydrogens (tertiary/aromatic N) is 3. The average Bonchev–Trinajstić information content (AvgIpc) is 3.21.